The number of aliphatic carboxylic acids is 1. The number of rotatable bonds is 7. The van der Waals surface area contributed by atoms with E-state index in [1.807, 2.05) is 17.7 Å². The molecule has 1 amide bonds. The van der Waals surface area contributed by atoms with Gasteiger partial charge >= 0.3 is 5.97 Å². The first-order chi connectivity index (χ1) is 13.0. The maximum atomic E-state index is 12.5. The second kappa shape index (κ2) is 8.68. The summed E-state index contributed by atoms with van der Waals surface area (Å²) in [5.41, 5.74) is 2.22. The van der Waals surface area contributed by atoms with E-state index in [9.17, 15) is 9.59 Å². The Morgan fingerprint density at radius 1 is 1.37 bits per heavy atom. The Hall–Kier alpha value is -2.87. The van der Waals surface area contributed by atoms with Crippen LogP contribution in [0.3, 0.4) is 0 Å². The fraction of sp³-hybridized carbons (Fsp3) is 0.421. The highest BCUT2D eigenvalue weighted by molar-refractivity contribution is 5.95. The number of ether oxygens (including phenoxy) is 2. The van der Waals surface area contributed by atoms with Gasteiger partial charge in [-0.2, -0.15) is 5.10 Å². The van der Waals surface area contributed by atoms with Gasteiger partial charge in [-0.25, -0.2) is 4.79 Å². The zero-order valence-corrected chi connectivity index (χ0v) is 15.2. The average Bonchev–Trinajstić information content (AvgIpc) is 3.07. The minimum Gasteiger partial charge on any atom is -0.482 e. The van der Waals surface area contributed by atoms with Crippen LogP contribution in [0.15, 0.2) is 30.5 Å². The van der Waals surface area contributed by atoms with Gasteiger partial charge in [0.2, 0.25) is 0 Å². The number of hydrogen-bond donors (Lipinski definition) is 2. The molecule has 1 aromatic heterocycles. The number of benzene rings is 1. The van der Waals surface area contributed by atoms with Crippen molar-refractivity contribution < 1.29 is 24.2 Å². The minimum atomic E-state index is -1.04. The molecular formula is C19H23N3O5. The molecule has 0 saturated carbocycles. The predicted octanol–water partition coefficient (Wildman–Crippen LogP) is 1.94. The van der Waals surface area contributed by atoms with Crippen LogP contribution >= 0.6 is 0 Å². The van der Waals surface area contributed by atoms with Crippen molar-refractivity contribution in [1.29, 1.82) is 0 Å². The zero-order valence-electron chi connectivity index (χ0n) is 15.2. The van der Waals surface area contributed by atoms with E-state index in [0.29, 0.717) is 31.1 Å². The summed E-state index contributed by atoms with van der Waals surface area (Å²) < 4.78 is 12.4. The van der Waals surface area contributed by atoms with E-state index in [1.54, 1.807) is 24.4 Å². The van der Waals surface area contributed by atoms with E-state index in [4.69, 9.17) is 14.6 Å². The maximum Gasteiger partial charge on any atom is 0.341 e. The van der Waals surface area contributed by atoms with E-state index in [-0.39, 0.29) is 11.9 Å². The van der Waals surface area contributed by atoms with Crippen LogP contribution in [0, 0.1) is 6.92 Å². The molecule has 0 atom stereocenters. The van der Waals surface area contributed by atoms with Crippen LogP contribution in [0.1, 0.15) is 40.5 Å². The molecule has 0 unspecified atom stereocenters. The Bertz CT molecular complexity index is 811. The van der Waals surface area contributed by atoms with E-state index in [2.05, 4.69) is 10.4 Å². The van der Waals surface area contributed by atoms with Gasteiger partial charge in [-0.15, -0.1) is 0 Å². The summed E-state index contributed by atoms with van der Waals surface area (Å²) in [6.45, 7) is 3.24. The number of carboxylic acids is 1. The molecule has 1 aromatic carbocycles. The van der Waals surface area contributed by atoms with Gasteiger partial charge in [-0.1, -0.05) is 12.1 Å². The smallest absolute Gasteiger partial charge is 0.341 e. The number of carbonyl (C=O) groups excluding carboxylic acids is 1. The zero-order chi connectivity index (χ0) is 19.2. The lowest BCUT2D eigenvalue weighted by Crippen LogP contribution is -2.24. The molecule has 0 spiro atoms. The van der Waals surface area contributed by atoms with Gasteiger partial charge in [-0.05, 0) is 37.5 Å². The Morgan fingerprint density at radius 3 is 2.89 bits per heavy atom. The molecule has 1 aliphatic heterocycles. The molecule has 8 heteroatoms. The number of nitrogens with one attached hydrogen (secondary N) is 1. The topological polar surface area (TPSA) is 103 Å². The summed E-state index contributed by atoms with van der Waals surface area (Å²) >= 11 is 0. The molecule has 27 heavy (non-hydrogen) atoms. The van der Waals surface area contributed by atoms with E-state index in [1.165, 1.54) is 0 Å². The first-order valence-corrected chi connectivity index (χ1v) is 8.88. The first-order valence-electron chi connectivity index (χ1n) is 8.88. The maximum absolute atomic E-state index is 12.5. The normalized spacial score (nSPS) is 14.7. The summed E-state index contributed by atoms with van der Waals surface area (Å²) in [6, 6.07) is 7.25. The predicted molar refractivity (Wildman–Crippen MR) is 96.8 cm³/mol. The van der Waals surface area contributed by atoms with Crippen LogP contribution < -0.4 is 10.1 Å². The highest BCUT2D eigenvalue weighted by Crippen LogP contribution is 2.23. The van der Waals surface area contributed by atoms with E-state index >= 15 is 0 Å². The monoisotopic (exact) mass is 373 g/mol. The third kappa shape index (κ3) is 4.85. The molecule has 0 aliphatic carbocycles. The van der Waals surface area contributed by atoms with E-state index < -0.39 is 12.6 Å². The molecule has 1 saturated heterocycles. The average molecular weight is 373 g/mol. The molecule has 1 aliphatic rings. The highest BCUT2D eigenvalue weighted by Gasteiger charge is 2.21. The lowest BCUT2D eigenvalue weighted by molar-refractivity contribution is -0.139. The summed E-state index contributed by atoms with van der Waals surface area (Å²) in [6.07, 6.45) is 3.39. The van der Waals surface area contributed by atoms with Gasteiger partial charge in [0.1, 0.15) is 5.75 Å². The molecule has 2 N–H and O–H groups in total. The van der Waals surface area contributed by atoms with E-state index in [0.717, 1.165) is 24.1 Å². The van der Waals surface area contributed by atoms with Gasteiger partial charge in [0, 0.05) is 25.5 Å². The molecule has 3 rings (SSSR count). The van der Waals surface area contributed by atoms with Crippen molar-refractivity contribution in [3.8, 4) is 5.75 Å². The standard InChI is InChI=1S/C19H23N3O5/c1-13-17(11-21-22(13)15-5-7-26-8-6-15)19(25)20-10-14-3-2-4-16(9-14)27-12-18(23)24/h2-4,9,11,15H,5-8,10,12H2,1H3,(H,20,25)(H,23,24). The Balaban J connectivity index is 1.60. The SMILES string of the molecule is Cc1c(C(=O)NCc2cccc(OCC(=O)O)c2)cnn1C1CCOCC1. The fourth-order valence-electron chi connectivity index (χ4n) is 3.11. The molecule has 1 fully saturated rings. The first kappa shape index (κ1) is 18.9. The molecule has 0 radical (unpaired) electrons. The number of amides is 1. The quantitative estimate of drug-likeness (QED) is 0.769. The lowest BCUT2D eigenvalue weighted by Gasteiger charge is -2.23. The number of carboxylic acid groups (broad SMARTS) is 1. The Kier molecular flexibility index (Phi) is 6.08. The van der Waals surface area contributed by atoms with Crippen LogP contribution in [-0.4, -0.2) is 46.6 Å². The largest absolute Gasteiger partial charge is 0.482 e. The van der Waals surface area contributed by atoms with Crippen LogP contribution in [0.2, 0.25) is 0 Å². The van der Waals surface area contributed by atoms with Crippen LogP contribution in [0.4, 0.5) is 0 Å². The van der Waals surface area contributed by atoms with Crippen molar-refractivity contribution in [2.45, 2.75) is 32.4 Å². The molecule has 0 bridgehead atoms. The Morgan fingerprint density at radius 2 is 2.15 bits per heavy atom. The van der Waals surface area contributed by atoms with Crippen LogP contribution in [0.5, 0.6) is 5.75 Å². The summed E-state index contributed by atoms with van der Waals surface area (Å²) in [4.78, 5) is 23.1. The van der Waals surface area contributed by atoms with Crippen molar-refractivity contribution in [2.75, 3.05) is 19.8 Å². The van der Waals surface area contributed by atoms with Gasteiger partial charge < -0.3 is 19.9 Å². The van der Waals surface area contributed by atoms with Crippen LogP contribution in [0.25, 0.3) is 0 Å². The van der Waals surface area contributed by atoms with Crippen molar-refractivity contribution in [2.24, 2.45) is 0 Å². The summed E-state index contributed by atoms with van der Waals surface area (Å²) in [5.74, 6) is -0.777. The minimum absolute atomic E-state index is 0.192. The van der Waals surface area contributed by atoms with Gasteiger partial charge in [-0.3, -0.25) is 9.48 Å². The second-order valence-corrected chi connectivity index (χ2v) is 6.44. The van der Waals surface area contributed by atoms with Gasteiger partial charge in [0.05, 0.1) is 17.8 Å². The van der Waals surface area contributed by atoms with Crippen molar-refractivity contribution in [3.63, 3.8) is 0 Å². The lowest BCUT2D eigenvalue weighted by atomic mass is 10.1. The number of carbonyl (C=O) groups is 2. The highest BCUT2D eigenvalue weighted by atomic mass is 16.5. The molecule has 2 aromatic rings. The third-order valence-corrected chi connectivity index (χ3v) is 4.54. The summed E-state index contributed by atoms with van der Waals surface area (Å²) in [7, 11) is 0. The van der Waals surface area contributed by atoms with Crippen molar-refractivity contribution in [1.82, 2.24) is 15.1 Å². The van der Waals surface area contributed by atoms with Gasteiger partial charge in [0.25, 0.3) is 5.91 Å². The van der Waals surface area contributed by atoms with Crippen LogP contribution in [-0.2, 0) is 16.1 Å². The van der Waals surface area contributed by atoms with Crippen molar-refractivity contribution >= 4 is 11.9 Å². The molecular weight excluding hydrogens is 350 g/mol. The number of aromatic nitrogens is 2. The number of hydrogen-bond acceptors (Lipinski definition) is 5. The Labute approximate surface area is 157 Å². The summed E-state index contributed by atoms with van der Waals surface area (Å²) in [5, 5.41) is 15.9. The molecule has 144 valence electrons. The second-order valence-electron chi connectivity index (χ2n) is 6.44. The fourth-order valence-corrected chi connectivity index (χ4v) is 3.11. The number of nitrogens with zero attached hydrogens (tertiary/aromatic N) is 2. The third-order valence-electron chi connectivity index (χ3n) is 4.54. The molecule has 8 nitrogen and oxygen atoms in total. The molecule has 2 heterocycles. The van der Waals surface area contributed by atoms with Crippen molar-refractivity contribution in [3.05, 3.63) is 47.3 Å². The van der Waals surface area contributed by atoms with Gasteiger partial charge in [0.15, 0.2) is 6.61 Å².